The number of hydrogen-bond acceptors (Lipinski definition) is 4. The number of rotatable bonds is 3. The standard InChI is InChI=1S/C8H8ClFO4S/c1-13-6-3-5(15(9,11)12)4-7(14-2)8(6)10/h3-4H,1-2H3. The third-order valence-electron chi connectivity index (χ3n) is 1.70. The van der Waals surface area contributed by atoms with Gasteiger partial charge in [0.25, 0.3) is 9.05 Å². The van der Waals surface area contributed by atoms with Gasteiger partial charge in [0.05, 0.1) is 19.1 Å². The molecule has 0 bridgehead atoms. The number of methoxy groups -OCH3 is 2. The van der Waals surface area contributed by atoms with E-state index >= 15 is 0 Å². The molecule has 0 saturated heterocycles. The van der Waals surface area contributed by atoms with E-state index in [9.17, 15) is 12.8 Å². The average molecular weight is 255 g/mol. The summed E-state index contributed by atoms with van der Waals surface area (Å²) in [6.45, 7) is 0. The number of halogens is 2. The van der Waals surface area contributed by atoms with Gasteiger partial charge in [0.15, 0.2) is 11.5 Å². The Hall–Kier alpha value is -1.01. The molecule has 1 rings (SSSR count). The van der Waals surface area contributed by atoms with E-state index in [0.717, 1.165) is 12.1 Å². The van der Waals surface area contributed by atoms with E-state index in [2.05, 4.69) is 9.47 Å². The van der Waals surface area contributed by atoms with E-state index in [1.807, 2.05) is 0 Å². The van der Waals surface area contributed by atoms with Crippen LogP contribution in [0.1, 0.15) is 0 Å². The second kappa shape index (κ2) is 4.24. The molecular weight excluding hydrogens is 247 g/mol. The summed E-state index contributed by atoms with van der Waals surface area (Å²) in [6.07, 6.45) is 0. The minimum absolute atomic E-state index is 0.242. The number of ether oxygens (including phenoxy) is 2. The lowest BCUT2D eigenvalue weighted by Gasteiger charge is -2.08. The molecule has 0 amide bonds. The highest BCUT2D eigenvalue weighted by Gasteiger charge is 2.18. The fourth-order valence-corrected chi connectivity index (χ4v) is 1.75. The van der Waals surface area contributed by atoms with Gasteiger partial charge in [-0.3, -0.25) is 0 Å². The van der Waals surface area contributed by atoms with Crippen molar-refractivity contribution >= 4 is 19.7 Å². The second-order valence-electron chi connectivity index (χ2n) is 2.58. The van der Waals surface area contributed by atoms with Gasteiger partial charge in [-0.05, 0) is 0 Å². The molecule has 0 saturated carbocycles. The van der Waals surface area contributed by atoms with Crippen molar-refractivity contribution in [2.45, 2.75) is 4.90 Å². The minimum atomic E-state index is -3.94. The molecule has 0 radical (unpaired) electrons. The maximum Gasteiger partial charge on any atom is 0.261 e. The lowest BCUT2D eigenvalue weighted by Crippen LogP contribution is -1.98. The van der Waals surface area contributed by atoms with Crippen LogP contribution in [0.3, 0.4) is 0 Å². The van der Waals surface area contributed by atoms with Crippen LogP contribution < -0.4 is 9.47 Å². The highest BCUT2D eigenvalue weighted by molar-refractivity contribution is 8.13. The van der Waals surface area contributed by atoms with Gasteiger partial charge in [-0.15, -0.1) is 0 Å². The first kappa shape index (κ1) is 12.1. The molecule has 0 fully saturated rings. The molecule has 0 aliphatic carbocycles. The first-order valence-electron chi connectivity index (χ1n) is 3.76. The van der Waals surface area contributed by atoms with Gasteiger partial charge < -0.3 is 9.47 Å². The van der Waals surface area contributed by atoms with E-state index in [1.54, 1.807) is 0 Å². The van der Waals surface area contributed by atoms with Crippen LogP contribution >= 0.6 is 10.7 Å². The molecule has 0 N–H and O–H groups in total. The van der Waals surface area contributed by atoms with E-state index in [4.69, 9.17) is 10.7 Å². The molecule has 1 aromatic carbocycles. The number of hydrogen-bond donors (Lipinski definition) is 0. The molecule has 15 heavy (non-hydrogen) atoms. The van der Waals surface area contributed by atoms with Gasteiger partial charge in [0.1, 0.15) is 0 Å². The van der Waals surface area contributed by atoms with Crippen molar-refractivity contribution in [2.24, 2.45) is 0 Å². The smallest absolute Gasteiger partial charge is 0.261 e. The Balaban J connectivity index is 3.47. The van der Waals surface area contributed by atoms with Crippen LogP contribution in [0.2, 0.25) is 0 Å². The molecule has 0 spiro atoms. The molecule has 0 aliphatic rings. The van der Waals surface area contributed by atoms with Crippen molar-refractivity contribution in [3.8, 4) is 11.5 Å². The van der Waals surface area contributed by atoms with Crippen molar-refractivity contribution < 1.29 is 22.3 Å². The summed E-state index contributed by atoms with van der Waals surface area (Å²) in [5.74, 6) is -1.26. The molecule has 0 heterocycles. The van der Waals surface area contributed by atoms with Crippen LogP contribution in [0, 0.1) is 5.82 Å². The molecule has 1 aromatic rings. The van der Waals surface area contributed by atoms with Crippen molar-refractivity contribution in [3.63, 3.8) is 0 Å². The molecular formula is C8H8ClFO4S. The lowest BCUT2D eigenvalue weighted by molar-refractivity contribution is 0.348. The van der Waals surface area contributed by atoms with Crippen molar-refractivity contribution in [1.29, 1.82) is 0 Å². The Bertz CT molecular complexity index is 447. The van der Waals surface area contributed by atoms with Crippen molar-refractivity contribution in [2.75, 3.05) is 14.2 Å². The molecule has 0 unspecified atom stereocenters. The van der Waals surface area contributed by atoms with E-state index in [1.165, 1.54) is 14.2 Å². The molecule has 0 atom stereocenters. The highest BCUT2D eigenvalue weighted by atomic mass is 35.7. The molecule has 0 aromatic heterocycles. The predicted molar refractivity (Wildman–Crippen MR) is 52.5 cm³/mol. The Kier molecular flexibility index (Phi) is 3.41. The fourth-order valence-electron chi connectivity index (χ4n) is 0.986. The lowest BCUT2D eigenvalue weighted by atomic mass is 10.3. The second-order valence-corrected chi connectivity index (χ2v) is 5.15. The normalized spacial score (nSPS) is 11.2. The van der Waals surface area contributed by atoms with Crippen LogP contribution in [-0.2, 0) is 9.05 Å². The minimum Gasteiger partial charge on any atom is -0.493 e. The summed E-state index contributed by atoms with van der Waals surface area (Å²) in [7, 11) is 3.59. The van der Waals surface area contributed by atoms with E-state index < -0.39 is 14.9 Å². The fraction of sp³-hybridized carbons (Fsp3) is 0.250. The Morgan fingerprint density at radius 1 is 1.20 bits per heavy atom. The summed E-state index contributed by atoms with van der Waals surface area (Å²) in [4.78, 5) is -0.278. The summed E-state index contributed by atoms with van der Waals surface area (Å²) in [6, 6.07) is 1.97. The van der Waals surface area contributed by atoms with Gasteiger partial charge in [-0.1, -0.05) is 0 Å². The summed E-state index contributed by atoms with van der Waals surface area (Å²) < 4.78 is 44.7. The Labute approximate surface area is 91.0 Å². The summed E-state index contributed by atoms with van der Waals surface area (Å²) in [5, 5.41) is 0. The van der Waals surface area contributed by atoms with Crippen LogP contribution in [0.15, 0.2) is 17.0 Å². The van der Waals surface area contributed by atoms with E-state index in [-0.39, 0.29) is 16.4 Å². The van der Waals surface area contributed by atoms with Crippen LogP contribution in [0.25, 0.3) is 0 Å². The van der Waals surface area contributed by atoms with Crippen LogP contribution in [0.4, 0.5) is 4.39 Å². The highest BCUT2D eigenvalue weighted by Crippen LogP contribution is 2.31. The van der Waals surface area contributed by atoms with Gasteiger partial charge in [0, 0.05) is 22.8 Å². The third-order valence-corrected chi connectivity index (χ3v) is 3.03. The Morgan fingerprint density at radius 2 is 1.60 bits per heavy atom. The summed E-state index contributed by atoms with van der Waals surface area (Å²) in [5.41, 5.74) is 0. The van der Waals surface area contributed by atoms with Gasteiger partial charge >= 0.3 is 0 Å². The topological polar surface area (TPSA) is 52.6 Å². The zero-order valence-electron chi connectivity index (χ0n) is 7.95. The molecule has 7 heteroatoms. The first-order chi connectivity index (χ1) is 6.90. The molecule has 84 valence electrons. The maximum atomic E-state index is 13.4. The van der Waals surface area contributed by atoms with Gasteiger partial charge in [0.2, 0.25) is 5.82 Å². The zero-order chi connectivity index (χ0) is 11.6. The SMILES string of the molecule is COc1cc(S(=O)(=O)Cl)cc(OC)c1F. The van der Waals surface area contributed by atoms with Gasteiger partial charge in [-0.2, -0.15) is 4.39 Å². The van der Waals surface area contributed by atoms with Crippen LogP contribution in [0.5, 0.6) is 11.5 Å². The average Bonchev–Trinajstić information content (AvgIpc) is 2.16. The van der Waals surface area contributed by atoms with Crippen molar-refractivity contribution in [3.05, 3.63) is 17.9 Å². The Morgan fingerprint density at radius 3 is 1.87 bits per heavy atom. The largest absolute Gasteiger partial charge is 0.493 e. The number of benzene rings is 1. The van der Waals surface area contributed by atoms with Crippen LogP contribution in [-0.4, -0.2) is 22.6 Å². The third kappa shape index (κ3) is 2.51. The van der Waals surface area contributed by atoms with E-state index in [0.29, 0.717) is 0 Å². The monoisotopic (exact) mass is 254 g/mol. The first-order valence-corrected chi connectivity index (χ1v) is 6.07. The maximum absolute atomic E-state index is 13.4. The molecule has 0 aliphatic heterocycles. The van der Waals surface area contributed by atoms with Crippen molar-refractivity contribution in [1.82, 2.24) is 0 Å². The quantitative estimate of drug-likeness (QED) is 0.772. The predicted octanol–water partition coefficient (Wildman–Crippen LogP) is 1.77. The zero-order valence-corrected chi connectivity index (χ0v) is 9.52. The summed E-state index contributed by atoms with van der Waals surface area (Å²) >= 11 is 0. The molecule has 4 nitrogen and oxygen atoms in total. The van der Waals surface area contributed by atoms with Gasteiger partial charge in [-0.25, -0.2) is 8.42 Å².